The molecule has 146 valence electrons. The highest BCUT2D eigenvalue weighted by atomic mass is 16.2. The van der Waals surface area contributed by atoms with Gasteiger partial charge < -0.3 is 15.1 Å². The summed E-state index contributed by atoms with van der Waals surface area (Å²) >= 11 is 0. The van der Waals surface area contributed by atoms with Crippen LogP contribution in [0.15, 0.2) is 18.2 Å². The lowest BCUT2D eigenvalue weighted by molar-refractivity contribution is -0.134. The third-order valence-electron chi connectivity index (χ3n) is 5.36. The average Bonchev–Trinajstić information content (AvgIpc) is 2.82. The van der Waals surface area contributed by atoms with Gasteiger partial charge in [0.1, 0.15) is 0 Å². The molecule has 2 aliphatic rings. The van der Waals surface area contributed by atoms with Crippen LogP contribution in [-0.4, -0.2) is 53.7 Å². The number of hydrogen-bond donors (Lipinski definition) is 1. The van der Waals surface area contributed by atoms with Gasteiger partial charge in [-0.1, -0.05) is 20.8 Å². The van der Waals surface area contributed by atoms with Crippen LogP contribution in [-0.2, 0) is 15.0 Å². The molecule has 1 N–H and O–H groups in total. The second-order valence-electron chi connectivity index (χ2n) is 9.25. The number of nitrogens with one attached hydrogen (secondary N) is 1. The number of anilines is 1. The van der Waals surface area contributed by atoms with Gasteiger partial charge >= 0.3 is 0 Å². The third-order valence-corrected chi connectivity index (χ3v) is 5.36. The Kier molecular flexibility index (Phi) is 4.78. The predicted octanol–water partition coefficient (Wildman–Crippen LogP) is 2.64. The molecule has 0 aliphatic carbocycles. The number of rotatable bonds is 2. The maximum atomic E-state index is 12.9. The minimum absolute atomic E-state index is 0.0350. The number of nitrogens with zero attached hydrogens (tertiary/aromatic N) is 2. The largest absolute Gasteiger partial charge is 0.339 e. The number of carbonyl (C=O) groups excluding carboxylic acids is 3. The van der Waals surface area contributed by atoms with Gasteiger partial charge in [-0.3, -0.25) is 14.4 Å². The summed E-state index contributed by atoms with van der Waals surface area (Å²) in [6.07, 6.45) is 0.516. The summed E-state index contributed by atoms with van der Waals surface area (Å²) in [5.74, 6) is 0.0578. The Labute approximate surface area is 160 Å². The maximum absolute atomic E-state index is 12.9. The van der Waals surface area contributed by atoms with E-state index in [1.54, 1.807) is 17.0 Å². The van der Waals surface area contributed by atoms with Crippen molar-refractivity contribution in [3.05, 3.63) is 29.3 Å². The first-order chi connectivity index (χ1) is 12.5. The second kappa shape index (κ2) is 6.66. The summed E-state index contributed by atoms with van der Waals surface area (Å²) in [5.41, 5.74) is 1.56. The molecule has 2 heterocycles. The Hall–Kier alpha value is -2.37. The zero-order valence-electron chi connectivity index (χ0n) is 16.9. The van der Waals surface area contributed by atoms with E-state index in [-0.39, 0.29) is 23.1 Å². The van der Waals surface area contributed by atoms with Crippen LogP contribution >= 0.6 is 0 Å². The molecule has 6 heteroatoms. The van der Waals surface area contributed by atoms with Crippen molar-refractivity contribution in [2.24, 2.45) is 5.41 Å². The zero-order valence-corrected chi connectivity index (χ0v) is 16.9. The van der Waals surface area contributed by atoms with E-state index < -0.39 is 5.41 Å². The van der Waals surface area contributed by atoms with Gasteiger partial charge in [0.15, 0.2) is 0 Å². The second-order valence-corrected chi connectivity index (χ2v) is 9.25. The molecule has 0 radical (unpaired) electrons. The van der Waals surface area contributed by atoms with Gasteiger partial charge in [0.2, 0.25) is 11.8 Å². The van der Waals surface area contributed by atoms with Gasteiger partial charge in [-0.15, -0.1) is 0 Å². The van der Waals surface area contributed by atoms with Gasteiger partial charge in [-0.25, -0.2) is 0 Å². The lowest BCUT2D eigenvalue weighted by atomic mass is 9.85. The normalized spacial score (nSPS) is 18.9. The first kappa shape index (κ1) is 19.4. The van der Waals surface area contributed by atoms with Gasteiger partial charge in [-0.05, 0) is 43.0 Å². The lowest BCUT2D eigenvalue weighted by Crippen LogP contribution is -2.51. The van der Waals surface area contributed by atoms with Crippen molar-refractivity contribution in [1.29, 1.82) is 0 Å². The number of carbonyl (C=O) groups is 3. The highest BCUT2D eigenvalue weighted by Gasteiger charge is 2.39. The number of benzene rings is 1. The van der Waals surface area contributed by atoms with E-state index in [0.29, 0.717) is 38.2 Å². The highest BCUT2D eigenvalue weighted by Crippen LogP contribution is 2.37. The van der Waals surface area contributed by atoms with Crippen LogP contribution < -0.4 is 5.32 Å². The predicted molar refractivity (Wildman–Crippen MR) is 105 cm³/mol. The molecular formula is C21H29N3O3. The number of amides is 3. The molecule has 6 nitrogen and oxygen atoms in total. The van der Waals surface area contributed by atoms with Crippen molar-refractivity contribution >= 4 is 23.4 Å². The maximum Gasteiger partial charge on any atom is 0.253 e. The molecule has 3 rings (SSSR count). The number of hydrogen-bond acceptors (Lipinski definition) is 3. The van der Waals surface area contributed by atoms with Crippen molar-refractivity contribution in [2.45, 2.75) is 46.5 Å². The highest BCUT2D eigenvalue weighted by molar-refractivity contribution is 6.07. The minimum atomic E-state index is -0.635. The Bertz CT molecular complexity index is 784. The fourth-order valence-corrected chi connectivity index (χ4v) is 3.61. The van der Waals surface area contributed by atoms with E-state index in [9.17, 15) is 14.4 Å². The smallest absolute Gasteiger partial charge is 0.253 e. The van der Waals surface area contributed by atoms with Gasteiger partial charge in [-0.2, -0.15) is 0 Å². The summed E-state index contributed by atoms with van der Waals surface area (Å²) < 4.78 is 0. The van der Waals surface area contributed by atoms with Crippen LogP contribution in [0.4, 0.5) is 5.69 Å². The molecule has 0 saturated carbocycles. The molecule has 2 aliphatic heterocycles. The first-order valence-corrected chi connectivity index (χ1v) is 9.52. The summed E-state index contributed by atoms with van der Waals surface area (Å²) in [4.78, 5) is 41.0. The van der Waals surface area contributed by atoms with Crippen molar-refractivity contribution in [1.82, 2.24) is 9.80 Å². The van der Waals surface area contributed by atoms with Crippen LogP contribution in [0.2, 0.25) is 0 Å². The molecule has 27 heavy (non-hydrogen) atoms. The van der Waals surface area contributed by atoms with Crippen molar-refractivity contribution in [2.75, 3.05) is 31.5 Å². The Morgan fingerprint density at radius 1 is 1.07 bits per heavy atom. The van der Waals surface area contributed by atoms with Crippen molar-refractivity contribution in [3.63, 3.8) is 0 Å². The molecule has 1 aromatic rings. The summed E-state index contributed by atoms with van der Waals surface area (Å²) in [6, 6.07) is 5.39. The standard InChI is InChI=1S/C21H29N3O3/c1-20(2,3)13-17(25)23-8-10-24(11-9-23)18(26)14-6-7-16-15(12-14)21(4,5)19(27)22-16/h6-7,12H,8-11,13H2,1-5H3,(H,22,27). The van der Waals surface area contributed by atoms with Gasteiger partial charge in [0.05, 0.1) is 5.41 Å². The van der Waals surface area contributed by atoms with Gasteiger partial charge in [0.25, 0.3) is 5.91 Å². The molecule has 3 amide bonds. The van der Waals surface area contributed by atoms with Crippen LogP contribution in [0.1, 0.15) is 57.0 Å². The molecule has 1 fully saturated rings. The molecule has 0 bridgehead atoms. The molecule has 0 unspecified atom stereocenters. The molecule has 1 aromatic carbocycles. The fraction of sp³-hybridized carbons (Fsp3) is 0.571. The molecule has 0 atom stereocenters. The molecule has 0 spiro atoms. The Morgan fingerprint density at radius 3 is 2.26 bits per heavy atom. The first-order valence-electron chi connectivity index (χ1n) is 9.52. The van der Waals surface area contributed by atoms with E-state index in [2.05, 4.69) is 26.1 Å². The monoisotopic (exact) mass is 371 g/mol. The van der Waals surface area contributed by atoms with E-state index in [1.807, 2.05) is 24.8 Å². The van der Waals surface area contributed by atoms with Gasteiger partial charge in [0, 0.05) is 43.9 Å². The number of piperazine rings is 1. The van der Waals surface area contributed by atoms with E-state index in [1.165, 1.54) is 0 Å². The molecule has 0 aromatic heterocycles. The number of fused-ring (bicyclic) bond motifs is 1. The van der Waals surface area contributed by atoms with E-state index in [0.717, 1.165) is 11.3 Å². The fourth-order valence-electron chi connectivity index (χ4n) is 3.61. The SMILES string of the molecule is CC(C)(C)CC(=O)N1CCN(C(=O)c2ccc3c(c2)C(C)(C)C(=O)N3)CC1. The molecular weight excluding hydrogens is 342 g/mol. The third kappa shape index (κ3) is 3.84. The van der Waals surface area contributed by atoms with Crippen molar-refractivity contribution < 1.29 is 14.4 Å². The Balaban J connectivity index is 1.66. The lowest BCUT2D eigenvalue weighted by Gasteiger charge is -2.36. The summed E-state index contributed by atoms with van der Waals surface area (Å²) in [6.45, 7) is 12.1. The average molecular weight is 371 g/mol. The zero-order chi connectivity index (χ0) is 20.0. The van der Waals surface area contributed by atoms with Crippen LogP contribution in [0.25, 0.3) is 0 Å². The van der Waals surface area contributed by atoms with Crippen LogP contribution in [0.5, 0.6) is 0 Å². The summed E-state index contributed by atoms with van der Waals surface area (Å²) in [7, 11) is 0. The topological polar surface area (TPSA) is 69.7 Å². The quantitative estimate of drug-likeness (QED) is 0.869. The van der Waals surface area contributed by atoms with Crippen LogP contribution in [0, 0.1) is 5.41 Å². The van der Waals surface area contributed by atoms with E-state index in [4.69, 9.17) is 0 Å². The van der Waals surface area contributed by atoms with E-state index >= 15 is 0 Å². The molecule has 1 saturated heterocycles. The van der Waals surface area contributed by atoms with Crippen molar-refractivity contribution in [3.8, 4) is 0 Å². The minimum Gasteiger partial charge on any atom is -0.339 e. The van der Waals surface area contributed by atoms with Crippen LogP contribution in [0.3, 0.4) is 0 Å². The Morgan fingerprint density at radius 2 is 1.67 bits per heavy atom. The summed E-state index contributed by atoms with van der Waals surface area (Å²) in [5, 5.41) is 2.86.